The molecule has 0 radical (unpaired) electrons. The van der Waals surface area contributed by atoms with E-state index in [0.29, 0.717) is 11.7 Å². The van der Waals surface area contributed by atoms with E-state index in [1.165, 1.54) is 0 Å². The highest BCUT2D eigenvalue weighted by molar-refractivity contribution is 5.92. The number of nitrogens with one attached hydrogen (secondary N) is 2. The fourth-order valence-electron chi connectivity index (χ4n) is 2.48. The van der Waals surface area contributed by atoms with Gasteiger partial charge < -0.3 is 15.7 Å². The Kier molecular flexibility index (Phi) is 5.76. The van der Waals surface area contributed by atoms with Crippen LogP contribution in [-0.4, -0.2) is 46.5 Å². The smallest absolute Gasteiger partial charge is 0.271 e. The van der Waals surface area contributed by atoms with Crippen molar-refractivity contribution in [3.63, 3.8) is 0 Å². The molecule has 1 fully saturated rings. The predicted octanol–water partition coefficient (Wildman–Crippen LogP) is 0.944. The number of carbonyl (C=O) groups excluding carboxylic acids is 1. The summed E-state index contributed by atoms with van der Waals surface area (Å²) in [5.41, 5.74) is 0.414. The van der Waals surface area contributed by atoms with Crippen LogP contribution >= 0.6 is 0 Å². The normalized spacial score (nSPS) is 21.8. The topological polar surface area (TPSA) is 79.2 Å². The first kappa shape index (κ1) is 16.0. The zero-order valence-corrected chi connectivity index (χ0v) is 12.9. The lowest BCUT2D eigenvalue weighted by Crippen LogP contribution is -2.36. The maximum Gasteiger partial charge on any atom is 0.271 e. The van der Waals surface area contributed by atoms with Gasteiger partial charge in [0.05, 0.1) is 12.1 Å². The minimum absolute atomic E-state index is 0.177. The fraction of sp³-hybridized carbons (Fsp3) is 0.733. The lowest BCUT2D eigenvalue weighted by molar-refractivity contribution is 0.0845. The highest BCUT2D eigenvalue weighted by Crippen LogP contribution is 2.15. The van der Waals surface area contributed by atoms with E-state index in [4.69, 9.17) is 0 Å². The Bertz CT molecular complexity index is 454. The molecule has 21 heavy (non-hydrogen) atoms. The summed E-state index contributed by atoms with van der Waals surface area (Å²) in [5.74, 6) is -0.0453. The van der Waals surface area contributed by atoms with Gasteiger partial charge >= 0.3 is 0 Å². The van der Waals surface area contributed by atoms with Gasteiger partial charge in [0.25, 0.3) is 5.91 Å². The van der Waals surface area contributed by atoms with Crippen LogP contribution in [0.25, 0.3) is 0 Å². The Balaban J connectivity index is 1.87. The van der Waals surface area contributed by atoms with Crippen LogP contribution in [0, 0.1) is 5.92 Å². The number of aliphatic hydroxyl groups excluding tert-OH is 1. The maximum atomic E-state index is 12.0. The largest absolute Gasteiger partial charge is 0.391 e. The van der Waals surface area contributed by atoms with E-state index in [2.05, 4.69) is 15.7 Å². The summed E-state index contributed by atoms with van der Waals surface area (Å²) in [6.07, 6.45) is 4.46. The maximum absolute atomic E-state index is 12.0. The molecular weight excluding hydrogens is 268 g/mol. The van der Waals surface area contributed by atoms with E-state index in [9.17, 15) is 9.90 Å². The summed E-state index contributed by atoms with van der Waals surface area (Å²) >= 11 is 0. The van der Waals surface area contributed by atoms with Crippen molar-refractivity contribution in [1.82, 2.24) is 20.4 Å². The van der Waals surface area contributed by atoms with Crippen LogP contribution in [0.1, 0.15) is 49.6 Å². The van der Waals surface area contributed by atoms with Crippen molar-refractivity contribution >= 4 is 5.91 Å². The summed E-state index contributed by atoms with van der Waals surface area (Å²) in [7, 11) is 0. The molecule has 1 aliphatic heterocycles. The van der Waals surface area contributed by atoms with Gasteiger partial charge in [0.15, 0.2) is 0 Å². The van der Waals surface area contributed by atoms with Gasteiger partial charge in [-0.05, 0) is 31.4 Å². The Labute approximate surface area is 125 Å². The van der Waals surface area contributed by atoms with E-state index in [1.807, 2.05) is 24.7 Å². The molecule has 1 amide bonds. The lowest BCUT2D eigenvalue weighted by Gasteiger charge is -2.22. The molecule has 1 aliphatic rings. The summed E-state index contributed by atoms with van der Waals surface area (Å²) in [4.78, 5) is 12.0. The summed E-state index contributed by atoms with van der Waals surface area (Å²) in [6, 6.07) is 2.06. The highest BCUT2D eigenvalue weighted by atomic mass is 16.3. The number of amides is 1. The van der Waals surface area contributed by atoms with Crippen molar-refractivity contribution in [2.45, 2.75) is 45.3 Å². The predicted molar refractivity (Wildman–Crippen MR) is 81.2 cm³/mol. The Morgan fingerprint density at radius 3 is 3.14 bits per heavy atom. The zero-order chi connectivity index (χ0) is 15.2. The van der Waals surface area contributed by atoms with Crippen molar-refractivity contribution in [2.75, 3.05) is 19.6 Å². The SMILES string of the molecule is CCC(C)C(O)CNC(=O)c1ccn(C2CCCNC2)n1. The minimum Gasteiger partial charge on any atom is -0.391 e. The molecule has 6 nitrogen and oxygen atoms in total. The molecule has 3 atom stereocenters. The molecule has 0 aliphatic carbocycles. The van der Waals surface area contributed by atoms with Gasteiger partial charge in [0.2, 0.25) is 0 Å². The Morgan fingerprint density at radius 1 is 1.67 bits per heavy atom. The van der Waals surface area contributed by atoms with Crippen molar-refractivity contribution in [3.8, 4) is 0 Å². The average Bonchev–Trinajstić information content (AvgIpc) is 3.02. The molecule has 6 heteroatoms. The molecule has 0 aromatic carbocycles. The third-order valence-electron chi connectivity index (χ3n) is 4.26. The Morgan fingerprint density at radius 2 is 2.48 bits per heavy atom. The van der Waals surface area contributed by atoms with E-state index in [0.717, 1.165) is 32.4 Å². The second-order valence-electron chi connectivity index (χ2n) is 5.84. The van der Waals surface area contributed by atoms with Gasteiger partial charge in [-0.15, -0.1) is 0 Å². The number of hydrogen-bond donors (Lipinski definition) is 3. The van der Waals surface area contributed by atoms with Crippen LogP contribution in [0.2, 0.25) is 0 Å². The van der Waals surface area contributed by atoms with Gasteiger partial charge in [-0.1, -0.05) is 20.3 Å². The second kappa shape index (κ2) is 7.56. The fourth-order valence-corrected chi connectivity index (χ4v) is 2.48. The lowest BCUT2D eigenvalue weighted by atomic mass is 10.0. The van der Waals surface area contributed by atoms with Crippen LogP contribution in [0.5, 0.6) is 0 Å². The molecule has 1 saturated heterocycles. The van der Waals surface area contributed by atoms with Crippen molar-refractivity contribution < 1.29 is 9.90 Å². The number of rotatable bonds is 6. The molecule has 0 saturated carbocycles. The Hall–Kier alpha value is -1.40. The molecule has 2 heterocycles. The summed E-state index contributed by atoms with van der Waals surface area (Å²) in [5, 5.41) is 20.3. The van der Waals surface area contributed by atoms with Crippen LogP contribution < -0.4 is 10.6 Å². The van der Waals surface area contributed by atoms with E-state index < -0.39 is 6.10 Å². The summed E-state index contributed by atoms with van der Waals surface area (Å²) in [6.45, 7) is 6.22. The van der Waals surface area contributed by atoms with E-state index in [-0.39, 0.29) is 18.4 Å². The van der Waals surface area contributed by atoms with Crippen LogP contribution in [0.15, 0.2) is 12.3 Å². The number of aliphatic hydroxyl groups is 1. The molecule has 2 rings (SSSR count). The van der Waals surface area contributed by atoms with Crippen molar-refractivity contribution in [3.05, 3.63) is 18.0 Å². The number of piperidine rings is 1. The van der Waals surface area contributed by atoms with Crippen LogP contribution in [0.3, 0.4) is 0 Å². The van der Waals surface area contributed by atoms with E-state index in [1.54, 1.807) is 6.07 Å². The monoisotopic (exact) mass is 294 g/mol. The molecule has 1 aromatic rings. The van der Waals surface area contributed by atoms with Crippen molar-refractivity contribution in [1.29, 1.82) is 0 Å². The first-order chi connectivity index (χ1) is 10.1. The third-order valence-corrected chi connectivity index (χ3v) is 4.26. The zero-order valence-electron chi connectivity index (χ0n) is 12.9. The first-order valence-corrected chi connectivity index (χ1v) is 7.84. The van der Waals surface area contributed by atoms with Gasteiger partial charge in [-0.3, -0.25) is 9.48 Å². The van der Waals surface area contributed by atoms with E-state index >= 15 is 0 Å². The molecular formula is C15H26N4O2. The molecule has 3 unspecified atom stereocenters. The highest BCUT2D eigenvalue weighted by Gasteiger charge is 2.19. The average molecular weight is 294 g/mol. The van der Waals surface area contributed by atoms with Gasteiger partial charge in [0, 0.05) is 19.3 Å². The molecule has 3 N–H and O–H groups in total. The number of aromatic nitrogens is 2. The molecule has 0 spiro atoms. The second-order valence-corrected chi connectivity index (χ2v) is 5.84. The van der Waals surface area contributed by atoms with Gasteiger partial charge in [-0.2, -0.15) is 5.10 Å². The first-order valence-electron chi connectivity index (χ1n) is 7.84. The van der Waals surface area contributed by atoms with Crippen molar-refractivity contribution in [2.24, 2.45) is 5.92 Å². The molecule has 118 valence electrons. The minimum atomic E-state index is -0.511. The van der Waals surface area contributed by atoms with Gasteiger partial charge in [0.1, 0.15) is 5.69 Å². The molecule has 0 bridgehead atoms. The standard InChI is InChI=1S/C15H26N4O2/c1-3-11(2)14(20)10-17-15(21)13-6-8-19(18-13)12-5-4-7-16-9-12/h6,8,11-12,14,16,20H,3-5,7,9-10H2,1-2H3,(H,17,21). The van der Waals surface area contributed by atoms with Crippen LogP contribution in [0.4, 0.5) is 0 Å². The number of carbonyl (C=O) groups is 1. The van der Waals surface area contributed by atoms with Crippen LogP contribution in [-0.2, 0) is 0 Å². The summed E-state index contributed by atoms with van der Waals surface area (Å²) < 4.78 is 1.87. The van der Waals surface area contributed by atoms with Gasteiger partial charge in [-0.25, -0.2) is 0 Å². The third kappa shape index (κ3) is 4.28. The molecule has 1 aromatic heterocycles. The number of hydrogen-bond acceptors (Lipinski definition) is 4. The number of nitrogens with zero attached hydrogens (tertiary/aromatic N) is 2. The quantitative estimate of drug-likeness (QED) is 0.730.